The van der Waals surface area contributed by atoms with Gasteiger partial charge < -0.3 is 26.4 Å². The SMILES string of the molecule is CSCCC(N)C(=O)N1CCCC1C(=O)NC(Cc1ccccc1)C(=O)NC(Cc1ccccc1)C(=O)O. The number of carbonyl (C=O) groups is 4. The number of nitrogens with zero attached hydrogens (tertiary/aromatic N) is 1. The number of aliphatic carboxylic acids is 1. The van der Waals surface area contributed by atoms with Gasteiger partial charge >= 0.3 is 5.97 Å². The molecule has 1 saturated heterocycles. The van der Waals surface area contributed by atoms with E-state index in [1.165, 1.54) is 4.90 Å². The Bertz CT molecular complexity index is 1090. The number of nitrogens with one attached hydrogen (secondary N) is 2. The topological polar surface area (TPSA) is 142 Å². The van der Waals surface area contributed by atoms with Crippen molar-refractivity contribution in [3.05, 3.63) is 71.8 Å². The Kier molecular flexibility index (Phi) is 11.2. The van der Waals surface area contributed by atoms with Crippen LogP contribution in [0, 0.1) is 0 Å². The first-order valence-electron chi connectivity index (χ1n) is 12.8. The number of hydrogen-bond donors (Lipinski definition) is 4. The molecule has 0 saturated carbocycles. The summed E-state index contributed by atoms with van der Waals surface area (Å²) in [7, 11) is 0. The summed E-state index contributed by atoms with van der Waals surface area (Å²) in [5.74, 6) is -1.74. The fourth-order valence-corrected chi connectivity index (χ4v) is 5.02. The Morgan fingerprint density at radius 1 is 0.974 bits per heavy atom. The highest BCUT2D eigenvalue weighted by Gasteiger charge is 2.38. The van der Waals surface area contributed by atoms with E-state index in [9.17, 15) is 24.3 Å². The minimum atomic E-state index is -1.17. The van der Waals surface area contributed by atoms with Gasteiger partial charge in [-0.3, -0.25) is 14.4 Å². The summed E-state index contributed by atoms with van der Waals surface area (Å²) >= 11 is 1.60. The predicted molar refractivity (Wildman–Crippen MR) is 147 cm³/mol. The van der Waals surface area contributed by atoms with E-state index in [-0.39, 0.29) is 18.7 Å². The van der Waals surface area contributed by atoms with Crippen molar-refractivity contribution in [2.45, 2.75) is 56.3 Å². The van der Waals surface area contributed by atoms with Gasteiger partial charge in [-0.1, -0.05) is 60.7 Å². The van der Waals surface area contributed by atoms with Crippen molar-refractivity contribution in [3.8, 4) is 0 Å². The Morgan fingerprint density at radius 3 is 2.11 bits per heavy atom. The summed E-state index contributed by atoms with van der Waals surface area (Å²) in [5, 5.41) is 15.2. The molecular weight excluding hydrogens is 504 g/mol. The van der Waals surface area contributed by atoms with E-state index in [1.807, 2.05) is 42.7 Å². The Hall–Kier alpha value is -3.37. The molecule has 3 rings (SSSR count). The maximum absolute atomic E-state index is 13.4. The molecule has 3 amide bonds. The number of carbonyl (C=O) groups excluding carboxylic acids is 3. The molecule has 0 bridgehead atoms. The normalized spacial score (nSPS) is 17.3. The van der Waals surface area contributed by atoms with Gasteiger partial charge in [0.15, 0.2) is 0 Å². The zero-order valence-electron chi connectivity index (χ0n) is 21.5. The Labute approximate surface area is 227 Å². The summed E-state index contributed by atoms with van der Waals surface area (Å²) in [5.41, 5.74) is 7.66. The third-order valence-electron chi connectivity index (χ3n) is 6.60. The van der Waals surface area contributed by atoms with Gasteiger partial charge in [-0.15, -0.1) is 0 Å². The molecule has 1 aliphatic heterocycles. The Balaban J connectivity index is 1.74. The highest BCUT2D eigenvalue weighted by Crippen LogP contribution is 2.20. The Morgan fingerprint density at radius 2 is 1.55 bits per heavy atom. The van der Waals surface area contributed by atoms with Crippen LogP contribution in [0.2, 0.25) is 0 Å². The quantitative estimate of drug-likeness (QED) is 0.302. The summed E-state index contributed by atoms with van der Waals surface area (Å²) in [6, 6.07) is 14.6. The second-order valence-electron chi connectivity index (χ2n) is 9.42. The lowest BCUT2D eigenvalue weighted by molar-refractivity contribution is -0.143. The van der Waals surface area contributed by atoms with E-state index in [0.717, 1.165) is 16.9 Å². The van der Waals surface area contributed by atoms with Gasteiger partial charge in [0.25, 0.3) is 0 Å². The van der Waals surface area contributed by atoms with Crippen molar-refractivity contribution in [1.82, 2.24) is 15.5 Å². The average Bonchev–Trinajstić information content (AvgIpc) is 3.42. The monoisotopic (exact) mass is 540 g/mol. The van der Waals surface area contributed by atoms with Crippen LogP contribution < -0.4 is 16.4 Å². The van der Waals surface area contributed by atoms with Crippen LogP contribution >= 0.6 is 11.8 Å². The fraction of sp³-hybridized carbons (Fsp3) is 0.429. The standard InChI is InChI=1S/C28H36N4O5S/c1-38-16-14-21(29)27(35)32-15-8-13-24(32)26(34)30-22(17-19-9-4-2-5-10-19)25(33)31-23(28(36)37)18-20-11-6-3-7-12-20/h2-7,9-12,21-24H,8,13-18,29H2,1H3,(H,30,34)(H,31,33)(H,36,37). The van der Waals surface area contributed by atoms with E-state index in [4.69, 9.17) is 5.73 Å². The van der Waals surface area contributed by atoms with E-state index in [0.29, 0.717) is 25.8 Å². The van der Waals surface area contributed by atoms with Crippen LogP contribution in [0.25, 0.3) is 0 Å². The van der Waals surface area contributed by atoms with Crippen LogP contribution in [-0.2, 0) is 32.0 Å². The predicted octanol–water partition coefficient (Wildman–Crippen LogP) is 1.60. The molecule has 4 atom stereocenters. The van der Waals surface area contributed by atoms with Gasteiger partial charge in [0, 0.05) is 19.4 Å². The highest BCUT2D eigenvalue weighted by atomic mass is 32.2. The zero-order valence-corrected chi connectivity index (χ0v) is 22.4. The number of likely N-dealkylation sites (tertiary alicyclic amines) is 1. The number of benzene rings is 2. The third kappa shape index (κ3) is 8.32. The molecule has 2 aromatic rings. The van der Waals surface area contributed by atoms with Crippen LogP contribution in [0.3, 0.4) is 0 Å². The molecule has 0 spiro atoms. The molecular formula is C28H36N4O5S. The first-order chi connectivity index (χ1) is 18.3. The molecule has 0 radical (unpaired) electrons. The third-order valence-corrected chi connectivity index (χ3v) is 7.25. The minimum absolute atomic E-state index is 0.104. The second-order valence-corrected chi connectivity index (χ2v) is 10.4. The number of amides is 3. The number of carboxylic acid groups (broad SMARTS) is 1. The molecule has 204 valence electrons. The van der Waals surface area contributed by atoms with Crippen molar-refractivity contribution in [2.24, 2.45) is 5.73 Å². The molecule has 1 heterocycles. The number of rotatable bonds is 13. The number of thioether (sulfide) groups is 1. The number of nitrogens with two attached hydrogens (primary N) is 1. The second kappa shape index (κ2) is 14.5. The number of hydrogen-bond acceptors (Lipinski definition) is 6. The largest absolute Gasteiger partial charge is 0.480 e. The molecule has 9 nitrogen and oxygen atoms in total. The molecule has 0 aliphatic carbocycles. The van der Waals surface area contributed by atoms with Crippen molar-refractivity contribution in [2.75, 3.05) is 18.6 Å². The van der Waals surface area contributed by atoms with Crippen LogP contribution in [0.5, 0.6) is 0 Å². The lowest BCUT2D eigenvalue weighted by Crippen LogP contribution is -2.57. The molecule has 2 aromatic carbocycles. The first-order valence-corrected chi connectivity index (χ1v) is 14.2. The van der Waals surface area contributed by atoms with Gasteiger partial charge in [-0.05, 0) is 42.4 Å². The van der Waals surface area contributed by atoms with E-state index in [1.54, 1.807) is 36.0 Å². The molecule has 10 heteroatoms. The van der Waals surface area contributed by atoms with Gasteiger partial charge in [0.2, 0.25) is 17.7 Å². The van der Waals surface area contributed by atoms with E-state index in [2.05, 4.69) is 10.6 Å². The minimum Gasteiger partial charge on any atom is -0.480 e. The van der Waals surface area contributed by atoms with E-state index < -0.39 is 42.0 Å². The van der Waals surface area contributed by atoms with Crippen LogP contribution in [0.4, 0.5) is 0 Å². The first kappa shape index (κ1) is 29.2. The summed E-state index contributed by atoms with van der Waals surface area (Å²) in [6.07, 6.45) is 3.86. The zero-order chi connectivity index (χ0) is 27.5. The molecule has 4 unspecified atom stereocenters. The highest BCUT2D eigenvalue weighted by molar-refractivity contribution is 7.98. The molecule has 0 aromatic heterocycles. The number of carboxylic acids is 1. The van der Waals surface area contributed by atoms with Crippen LogP contribution in [0.1, 0.15) is 30.4 Å². The summed E-state index contributed by atoms with van der Waals surface area (Å²) in [4.78, 5) is 53.1. The van der Waals surface area contributed by atoms with Crippen molar-refractivity contribution < 1.29 is 24.3 Å². The maximum Gasteiger partial charge on any atom is 0.326 e. The maximum atomic E-state index is 13.4. The fourth-order valence-electron chi connectivity index (χ4n) is 4.53. The lowest BCUT2D eigenvalue weighted by Gasteiger charge is -2.28. The van der Waals surface area contributed by atoms with Gasteiger partial charge in [0.1, 0.15) is 18.1 Å². The van der Waals surface area contributed by atoms with Crippen LogP contribution in [0.15, 0.2) is 60.7 Å². The summed E-state index contributed by atoms with van der Waals surface area (Å²) in [6.45, 7) is 0.428. The smallest absolute Gasteiger partial charge is 0.326 e. The molecule has 1 aliphatic rings. The van der Waals surface area contributed by atoms with Crippen LogP contribution in [-0.4, -0.2) is 76.4 Å². The molecule has 38 heavy (non-hydrogen) atoms. The van der Waals surface area contributed by atoms with Crippen molar-refractivity contribution in [1.29, 1.82) is 0 Å². The van der Waals surface area contributed by atoms with Gasteiger partial charge in [-0.2, -0.15) is 11.8 Å². The van der Waals surface area contributed by atoms with Gasteiger partial charge in [-0.25, -0.2) is 4.79 Å². The molecule has 5 N–H and O–H groups in total. The molecule has 1 fully saturated rings. The van der Waals surface area contributed by atoms with Crippen molar-refractivity contribution in [3.63, 3.8) is 0 Å². The summed E-state index contributed by atoms with van der Waals surface area (Å²) < 4.78 is 0. The lowest BCUT2D eigenvalue weighted by atomic mass is 10.0. The average molecular weight is 541 g/mol. The van der Waals surface area contributed by atoms with E-state index >= 15 is 0 Å². The van der Waals surface area contributed by atoms with Gasteiger partial charge in [0.05, 0.1) is 6.04 Å². The van der Waals surface area contributed by atoms with Crippen molar-refractivity contribution >= 4 is 35.5 Å².